The molecule has 0 saturated carbocycles. The first-order chi connectivity index (χ1) is 10.6. The number of aliphatic hydroxyl groups is 2. The lowest BCUT2D eigenvalue weighted by molar-refractivity contribution is -0.128. The second-order valence-corrected chi connectivity index (χ2v) is 6.50. The number of anilines is 1. The van der Waals surface area contributed by atoms with Gasteiger partial charge in [0.1, 0.15) is 0 Å². The van der Waals surface area contributed by atoms with E-state index >= 15 is 0 Å². The summed E-state index contributed by atoms with van der Waals surface area (Å²) in [6, 6.07) is 0. The van der Waals surface area contributed by atoms with Crippen LogP contribution in [0.1, 0.15) is 27.7 Å². The van der Waals surface area contributed by atoms with Crippen LogP contribution in [-0.2, 0) is 14.1 Å². The highest BCUT2D eigenvalue weighted by molar-refractivity contribution is 6.61. The first-order valence-electron chi connectivity index (χ1n) is 7.33. The Hall–Kier alpha value is -1.55. The standard InChI is InChI=1S/C14H22BN3O5/c1-13(2)14(3,4)23-15(22-13)9-6-16-12(17-7-9)18(5)11(21)10(20)8-19/h6-7,10,19-20H,8H2,1-5H3. The monoisotopic (exact) mass is 323 g/mol. The largest absolute Gasteiger partial charge is 0.498 e. The number of nitrogens with zero attached hydrogens (tertiary/aromatic N) is 3. The summed E-state index contributed by atoms with van der Waals surface area (Å²) < 4.78 is 11.8. The Balaban J connectivity index is 2.13. The summed E-state index contributed by atoms with van der Waals surface area (Å²) in [7, 11) is 0.837. The maximum Gasteiger partial charge on any atom is 0.498 e. The maximum atomic E-state index is 11.8. The number of rotatable bonds is 4. The molecule has 1 saturated heterocycles. The van der Waals surface area contributed by atoms with Gasteiger partial charge in [0, 0.05) is 24.9 Å². The van der Waals surface area contributed by atoms with Gasteiger partial charge < -0.3 is 19.5 Å². The summed E-state index contributed by atoms with van der Waals surface area (Å²) in [5.41, 5.74) is -0.293. The molecule has 0 spiro atoms. The first kappa shape index (κ1) is 17.8. The Morgan fingerprint density at radius 1 is 1.26 bits per heavy atom. The van der Waals surface area contributed by atoms with Gasteiger partial charge in [-0.2, -0.15) is 0 Å². The molecular weight excluding hydrogens is 301 g/mol. The average Bonchev–Trinajstić information content (AvgIpc) is 2.73. The zero-order valence-electron chi connectivity index (χ0n) is 14.0. The third kappa shape index (κ3) is 3.37. The molecule has 1 aromatic rings. The highest BCUT2D eigenvalue weighted by Gasteiger charge is 2.52. The van der Waals surface area contributed by atoms with E-state index in [1.807, 2.05) is 27.7 Å². The predicted molar refractivity (Wildman–Crippen MR) is 84.3 cm³/mol. The molecule has 126 valence electrons. The number of hydrogen-bond acceptors (Lipinski definition) is 7. The van der Waals surface area contributed by atoms with E-state index in [4.69, 9.17) is 14.4 Å². The zero-order valence-corrected chi connectivity index (χ0v) is 14.0. The van der Waals surface area contributed by atoms with Gasteiger partial charge in [-0.1, -0.05) is 0 Å². The molecular formula is C14H22BN3O5. The molecule has 1 fully saturated rings. The zero-order chi connectivity index (χ0) is 17.4. The van der Waals surface area contributed by atoms with Crippen molar-refractivity contribution in [2.45, 2.75) is 45.0 Å². The van der Waals surface area contributed by atoms with Gasteiger partial charge in [0.25, 0.3) is 5.91 Å². The number of carbonyl (C=O) groups excluding carboxylic acids is 1. The molecule has 1 aliphatic rings. The van der Waals surface area contributed by atoms with Crippen molar-refractivity contribution in [2.75, 3.05) is 18.6 Å². The molecule has 1 unspecified atom stereocenters. The van der Waals surface area contributed by atoms with Crippen LogP contribution in [0.5, 0.6) is 0 Å². The van der Waals surface area contributed by atoms with Crippen LogP contribution in [0.2, 0.25) is 0 Å². The minimum atomic E-state index is -1.49. The summed E-state index contributed by atoms with van der Waals surface area (Å²) in [6.45, 7) is 7.14. The maximum absolute atomic E-state index is 11.8. The summed E-state index contributed by atoms with van der Waals surface area (Å²) in [6.07, 6.45) is 1.53. The Kier molecular flexibility index (Phi) is 4.77. The van der Waals surface area contributed by atoms with E-state index in [1.165, 1.54) is 19.4 Å². The molecule has 0 aromatic carbocycles. The van der Waals surface area contributed by atoms with Gasteiger partial charge in [-0.25, -0.2) is 9.97 Å². The van der Waals surface area contributed by atoms with E-state index < -0.39 is 36.9 Å². The Bertz CT molecular complexity index is 562. The molecule has 2 heterocycles. The molecule has 1 amide bonds. The van der Waals surface area contributed by atoms with Crippen molar-refractivity contribution >= 4 is 24.4 Å². The van der Waals surface area contributed by atoms with Crippen LogP contribution in [0.4, 0.5) is 5.95 Å². The molecule has 1 aromatic heterocycles. The van der Waals surface area contributed by atoms with Gasteiger partial charge in [-0.3, -0.25) is 9.69 Å². The number of aromatic nitrogens is 2. The second-order valence-electron chi connectivity index (χ2n) is 6.50. The fourth-order valence-corrected chi connectivity index (χ4v) is 2.01. The summed E-state index contributed by atoms with van der Waals surface area (Å²) >= 11 is 0. The van der Waals surface area contributed by atoms with E-state index in [9.17, 15) is 9.90 Å². The number of carbonyl (C=O) groups is 1. The fourth-order valence-electron chi connectivity index (χ4n) is 2.01. The van der Waals surface area contributed by atoms with E-state index in [1.54, 1.807) is 0 Å². The minimum absolute atomic E-state index is 0.114. The van der Waals surface area contributed by atoms with E-state index in [2.05, 4.69) is 9.97 Å². The van der Waals surface area contributed by atoms with Crippen molar-refractivity contribution in [2.24, 2.45) is 0 Å². The van der Waals surface area contributed by atoms with Crippen LogP contribution in [0.25, 0.3) is 0 Å². The number of hydrogen-bond donors (Lipinski definition) is 2. The van der Waals surface area contributed by atoms with E-state index in [-0.39, 0.29) is 5.95 Å². The SMILES string of the molecule is CN(C(=O)C(O)CO)c1ncc(B2OC(C)(C)C(C)(C)O2)cn1. The summed E-state index contributed by atoms with van der Waals surface area (Å²) in [5.74, 6) is -0.571. The topological polar surface area (TPSA) is 105 Å². The van der Waals surface area contributed by atoms with Gasteiger partial charge in [-0.15, -0.1) is 0 Å². The van der Waals surface area contributed by atoms with Gasteiger partial charge >= 0.3 is 7.12 Å². The van der Waals surface area contributed by atoms with E-state index in [0.717, 1.165) is 4.90 Å². The third-order valence-electron chi connectivity index (χ3n) is 4.27. The fraction of sp³-hybridized carbons (Fsp3) is 0.643. The van der Waals surface area contributed by atoms with Crippen LogP contribution in [0.3, 0.4) is 0 Å². The third-order valence-corrected chi connectivity index (χ3v) is 4.27. The van der Waals surface area contributed by atoms with Crippen molar-refractivity contribution in [1.82, 2.24) is 9.97 Å². The van der Waals surface area contributed by atoms with Gasteiger partial charge in [0.15, 0.2) is 6.10 Å². The second kappa shape index (κ2) is 6.16. The molecule has 0 bridgehead atoms. The van der Waals surface area contributed by atoms with Crippen molar-refractivity contribution in [3.05, 3.63) is 12.4 Å². The Labute approximate surface area is 135 Å². The molecule has 8 nitrogen and oxygen atoms in total. The normalized spacial score (nSPS) is 20.4. The van der Waals surface area contributed by atoms with Crippen LogP contribution >= 0.6 is 0 Å². The Morgan fingerprint density at radius 3 is 2.17 bits per heavy atom. The summed E-state index contributed by atoms with van der Waals surface area (Å²) in [4.78, 5) is 21.0. The predicted octanol–water partition coefficient (Wildman–Crippen LogP) is -0.908. The molecule has 23 heavy (non-hydrogen) atoms. The molecule has 0 aliphatic carbocycles. The average molecular weight is 323 g/mol. The molecule has 1 atom stereocenters. The molecule has 1 aliphatic heterocycles. The lowest BCUT2D eigenvalue weighted by Gasteiger charge is -2.32. The smallest absolute Gasteiger partial charge is 0.399 e. The number of aliphatic hydroxyl groups excluding tert-OH is 2. The Morgan fingerprint density at radius 2 is 1.74 bits per heavy atom. The van der Waals surface area contributed by atoms with Crippen LogP contribution in [0, 0.1) is 0 Å². The quantitative estimate of drug-likeness (QED) is 0.691. The van der Waals surface area contributed by atoms with Crippen molar-refractivity contribution in [3.63, 3.8) is 0 Å². The molecule has 0 radical (unpaired) electrons. The van der Waals surface area contributed by atoms with Crippen LogP contribution in [0.15, 0.2) is 12.4 Å². The van der Waals surface area contributed by atoms with Crippen molar-refractivity contribution in [1.29, 1.82) is 0 Å². The van der Waals surface area contributed by atoms with Gasteiger partial charge in [-0.05, 0) is 27.7 Å². The van der Waals surface area contributed by atoms with Crippen molar-refractivity contribution in [3.8, 4) is 0 Å². The number of likely N-dealkylation sites (N-methyl/N-ethyl adjacent to an activating group) is 1. The minimum Gasteiger partial charge on any atom is -0.399 e. The lowest BCUT2D eigenvalue weighted by atomic mass is 9.81. The van der Waals surface area contributed by atoms with Gasteiger partial charge in [0.2, 0.25) is 5.95 Å². The van der Waals surface area contributed by atoms with E-state index in [0.29, 0.717) is 5.46 Å². The van der Waals surface area contributed by atoms with Gasteiger partial charge in [0.05, 0.1) is 17.8 Å². The molecule has 2 N–H and O–H groups in total. The van der Waals surface area contributed by atoms with Crippen molar-refractivity contribution < 1.29 is 24.3 Å². The van der Waals surface area contributed by atoms with Crippen LogP contribution < -0.4 is 10.4 Å². The summed E-state index contributed by atoms with van der Waals surface area (Å²) in [5, 5.41) is 18.2. The molecule has 2 rings (SSSR count). The lowest BCUT2D eigenvalue weighted by Crippen LogP contribution is -2.41. The van der Waals surface area contributed by atoms with Crippen LogP contribution in [-0.4, -0.2) is 64.2 Å². The molecule has 9 heteroatoms. The number of amides is 1. The highest BCUT2D eigenvalue weighted by atomic mass is 16.7. The highest BCUT2D eigenvalue weighted by Crippen LogP contribution is 2.36. The first-order valence-corrected chi connectivity index (χ1v) is 7.33.